The number of carbonyl (C=O) groups excluding carboxylic acids is 2. The summed E-state index contributed by atoms with van der Waals surface area (Å²) in [7, 11) is 1.42. The lowest BCUT2D eigenvalue weighted by atomic mass is 9.87. The number of carbonyl (C=O) groups is 2. The van der Waals surface area contributed by atoms with Gasteiger partial charge in [0.2, 0.25) is 0 Å². The third kappa shape index (κ3) is 6.07. The molecule has 1 aliphatic rings. The number of ether oxygens (including phenoxy) is 2. The quantitative estimate of drug-likeness (QED) is 0.543. The van der Waals surface area contributed by atoms with E-state index in [0.717, 1.165) is 44.2 Å². The van der Waals surface area contributed by atoms with Gasteiger partial charge in [-0.3, -0.25) is 10.1 Å². The van der Waals surface area contributed by atoms with Crippen LogP contribution < -0.4 is 5.32 Å². The zero-order valence-electron chi connectivity index (χ0n) is 15.2. The van der Waals surface area contributed by atoms with Crippen LogP contribution in [0.1, 0.15) is 51.9 Å². The first-order valence-electron chi connectivity index (χ1n) is 9.23. The molecule has 1 aromatic rings. The van der Waals surface area contributed by atoms with Crippen molar-refractivity contribution in [3.63, 3.8) is 0 Å². The number of rotatable bonds is 8. The van der Waals surface area contributed by atoms with Gasteiger partial charge in [-0.1, -0.05) is 44.4 Å². The van der Waals surface area contributed by atoms with Crippen LogP contribution in [0.15, 0.2) is 30.3 Å². The molecule has 0 bridgehead atoms. The lowest BCUT2D eigenvalue weighted by Crippen LogP contribution is -2.28. The normalized spacial score (nSPS) is 22.4. The average molecular weight is 347 g/mol. The van der Waals surface area contributed by atoms with Gasteiger partial charge < -0.3 is 9.47 Å². The number of amides is 1. The number of benzene rings is 1. The number of methoxy groups -OCH3 is 1. The Morgan fingerprint density at radius 1 is 1.16 bits per heavy atom. The number of nitrogens with one attached hydrogen (secondary N) is 1. The van der Waals surface area contributed by atoms with Crippen LogP contribution in [0.5, 0.6) is 0 Å². The Morgan fingerprint density at radius 3 is 2.60 bits per heavy atom. The molecule has 1 amide bonds. The molecular weight excluding hydrogens is 318 g/mol. The number of hydrogen-bond donors (Lipinski definition) is 1. The van der Waals surface area contributed by atoms with Crippen molar-refractivity contribution in [1.82, 2.24) is 0 Å². The zero-order chi connectivity index (χ0) is 18.1. The lowest BCUT2D eigenvalue weighted by molar-refractivity contribution is -0.142. The van der Waals surface area contributed by atoms with Gasteiger partial charge in [-0.05, 0) is 43.2 Å². The third-order valence-corrected chi connectivity index (χ3v) is 4.98. The van der Waals surface area contributed by atoms with Crippen molar-refractivity contribution in [3.05, 3.63) is 30.3 Å². The first kappa shape index (κ1) is 19.3. The van der Waals surface area contributed by atoms with E-state index in [9.17, 15) is 9.59 Å². The van der Waals surface area contributed by atoms with Crippen molar-refractivity contribution in [3.8, 4) is 0 Å². The molecule has 0 heterocycles. The predicted octanol–water partition coefficient (Wildman–Crippen LogP) is 4.77. The van der Waals surface area contributed by atoms with E-state index in [4.69, 9.17) is 9.47 Å². The highest BCUT2D eigenvalue weighted by atomic mass is 16.6. The van der Waals surface area contributed by atoms with Crippen molar-refractivity contribution in [2.45, 2.75) is 58.0 Å². The fourth-order valence-electron chi connectivity index (χ4n) is 3.67. The van der Waals surface area contributed by atoms with Crippen molar-refractivity contribution in [1.29, 1.82) is 0 Å². The van der Waals surface area contributed by atoms with Gasteiger partial charge in [0.1, 0.15) is 6.10 Å². The van der Waals surface area contributed by atoms with Gasteiger partial charge in [-0.15, -0.1) is 0 Å². The van der Waals surface area contributed by atoms with Crippen molar-refractivity contribution in [2.75, 3.05) is 12.4 Å². The van der Waals surface area contributed by atoms with E-state index in [-0.39, 0.29) is 23.9 Å². The van der Waals surface area contributed by atoms with Crippen molar-refractivity contribution < 1.29 is 19.1 Å². The van der Waals surface area contributed by atoms with E-state index in [1.807, 2.05) is 30.3 Å². The fourth-order valence-corrected chi connectivity index (χ4v) is 3.67. The molecule has 0 saturated heterocycles. The molecule has 25 heavy (non-hydrogen) atoms. The molecule has 2 rings (SSSR count). The molecule has 0 unspecified atom stereocenters. The summed E-state index contributed by atoms with van der Waals surface area (Å²) in [4.78, 5) is 23.9. The molecule has 1 aliphatic carbocycles. The van der Waals surface area contributed by atoms with Crippen LogP contribution in [0.3, 0.4) is 0 Å². The molecule has 138 valence electrons. The molecule has 1 N–H and O–H groups in total. The highest BCUT2D eigenvalue weighted by molar-refractivity contribution is 5.84. The fraction of sp³-hybridized carbons (Fsp3) is 0.600. The summed E-state index contributed by atoms with van der Waals surface area (Å²) in [5, 5.41) is 2.77. The molecule has 0 radical (unpaired) electrons. The van der Waals surface area contributed by atoms with E-state index in [0.29, 0.717) is 6.42 Å². The van der Waals surface area contributed by atoms with Gasteiger partial charge in [-0.2, -0.15) is 0 Å². The number of anilines is 1. The Bertz CT molecular complexity index is 546. The zero-order valence-corrected chi connectivity index (χ0v) is 15.2. The molecule has 5 heteroatoms. The summed E-state index contributed by atoms with van der Waals surface area (Å²) in [6, 6.07) is 9.29. The monoisotopic (exact) mass is 347 g/mol. The second kappa shape index (κ2) is 10.1. The first-order chi connectivity index (χ1) is 12.1. The van der Waals surface area contributed by atoms with E-state index in [1.54, 1.807) is 0 Å². The molecule has 0 aliphatic heterocycles. The molecule has 3 atom stereocenters. The number of unbranched alkanes of at least 4 members (excludes halogenated alkanes) is 2. The Kier molecular flexibility index (Phi) is 7.76. The topological polar surface area (TPSA) is 64.6 Å². The maximum absolute atomic E-state index is 12.2. The van der Waals surface area contributed by atoms with Crippen LogP contribution in [0.25, 0.3) is 0 Å². The lowest BCUT2D eigenvalue weighted by Gasteiger charge is -2.24. The summed E-state index contributed by atoms with van der Waals surface area (Å²) < 4.78 is 10.5. The van der Waals surface area contributed by atoms with Gasteiger partial charge in [0.15, 0.2) is 0 Å². The van der Waals surface area contributed by atoms with E-state index in [2.05, 4.69) is 12.2 Å². The van der Waals surface area contributed by atoms with Gasteiger partial charge in [-0.25, -0.2) is 4.79 Å². The summed E-state index contributed by atoms with van der Waals surface area (Å²) in [6.45, 7) is 2.17. The minimum Gasteiger partial charge on any atom is -0.469 e. The van der Waals surface area contributed by atoms with Crippen LogP contribution in [0.2, 0.25) is 0 Å². The highest BCUT2D eigenvalue weighted by Gasteiger charge is 2.39. The molecule has 1 aromatic carbocycles. The highest BCUT2D eigenvalue weighted by Crippen LogP contribution is 2.40. The first-order valence-corrected chi connectivity index (χ1v) is 9.23. The van der Waals surface area contributed by atoms with Gasteiger partial charge in [0.25, 0.3) is 0 Å². The molecule has 0 aromatic heterocycles. The Labute approximate surface area is 150 Å². The molecular formula is C20H29NO4. The van der Waals surface area contributed by atoms with Crippen molar-refractivity contribution >= 4 is 17.7 Å². The molecule has 1 fully saturated rings. The SMILES string of the molecule is CCCCC[C@H]1[C@H](CC(=O)OC)CC[C@@H]1OC(=O)Nc1ccccc1. The van der Waals surface area contributed by atoms with E-state index in [1.165, 1.54) is 7.11 Å². The average Bonchev–Trinajstić information content (AvgIpc) is 2.97. The van der Waals surface area contributed by atoms with E-state index >= 15 is 0 Å². The van der Waals surface area contributed by atoms with Gasteiger partial charge in [0.05, 0.1) is 7.11 Å². The smallest absolute Gasteiger partial charge is 0.411 e. The maximum Gasteiger partial charge on any atom is 0.411 e. The van der Waals surface area contributed by atoms with Gasteiger partial charge >= 0.3 is 12.1 Å². The standard InChI is InChI=1S/C20H29NO4/c1-3-4-6-11-17-15(14-19(22)24-2)12-13-18(17)25-20(23)21-16-9-7-5-8-10-16/h5,7-10,15,17-18H,3-4,6,11-14H2,1-2H3,(H,21,23)/t15-,17-,18-/m0/s1. The van der Waals surface area contributed by atoms with Crippen LogP contribution in [0.4, 0.5) is 10.5 Å². The third-order valence-electron chi connectivity index (χ3n) is 4.98. The minimum absolute atomic E-state index is 0.129. The molecule has 0 spiro atoms. The van der Waals surface area contributed by atoms with Crippen molar-refractivity contribution in [2.24, 2.45) is 11.8 Å². The van der Waals surface area contributed by atoms with E-state index < -0.39 is 6.09 Å². The Hall–Kier alpha value is -2.04. The summed E-state index contributed by atoms with van der Waals surface area (Å²) in [6.07, 6.45) is 5.95. The second-order valence-electron chi connectivity index (χ2n) is 6.71. The number of para-hydroxylation sites is 1. The Balaban J connectivity index is 1.93. The van der Waals surface area contributed by atoms with Crippen LogP contribution in [-0.4, -0.2) is 25.3 Å². The predicted molar refractivity (Wildman–Crippen MR) is 97.3 cm³/mol. The number of esters is 1. The van der Waals surface area contributed by atoms with Crippen LogP contribution in [0, 0.1) is 11.8 Å². The number of hydrogen-bond acceptors (Lipinski definition) is 4. The Morgan fingerprint density at radius 2 is 1.92 bits per heavy atom. The molecule has 1 saturated carbocycles. The minimum atomic E-state index is -0.421. The van der Waals surface area contributed by atoms with Crippen LogP contribution >= 0.6 is 0 Å². The summed E-state index contributed by atoms with van der Waals surface area (Å²) in [5.74, 6) is 0.283. The summed E-state index contributed by atoms with van der Waals surface area (Å²) in [5.41, 5.74) is 0.721. The largest absolute Gasteiger partial charge is 0.469 e. The van der Waals surface area contributed by atoms with Gasteiger partial charge in [0, 0.05) is 12.1 Å². The molecule has 5 nitrogen and oxygen atoms in total. The second-order valence-corrected chi connectivity index (χ2v) is 6.71. The maximum atomic E-state index is 12.2. The van der Waals surface area contributed by atoms with Crippen LogP contribution in [-0.2, 0) is 14.3 Å². The summed E-state index contributed by atoms with van der Waals surface area (Å²) >= 11 is 0.